The second-order valence-corrected chi connectivity index (χ2v) is 11.3. The van der Waals surface area contributed by atoms with Crippen molar-refractivity contribution < 1.29 is 14.6 Å². The molecule has 8 nitrogen and oxygen atoms in total. The summed E-state index contributed by atoms with van der Waals surface area (Å²) in [6, 6.07) is 6.45. The first-order valence-electron chi connectivity index (χ1n) is 12.8. The average molecular weight is 476 g/mol. The lowest BCUT2D eigenvalue weighted by molar-refractivity contribution is -0.00572. The number of carbonyl (C=O) groups is 1. The van der Waals surface area contributed by atoms with Crippen LogP contribution in [0, 0.1) is 5.92 Å². The fraction of sp³-hybridized carbons (Fsp3) is 0.556. The number of nitrogens with zero attached hydrogens (tertiary/aromatic N) is 5. The fourth-order valence-electron chi connectivity index (χ4n) is 5.15. The zero-order valence-electron chi connectivity index (χ0n) is 20.6. The van der Waals surface area contributed by atoms with E-state index in [1.807, 2.05) is 39.1 Å². The number of benzene rings is 1. The van der Waals surface area contributed by atoms with Crippen molar-refractivity contribution in [1.29, 1.82) is 0 Å². The van der Waals surface area contributed by atoms with Gasteiger partial charge in [-0.2, -0.15) is 5.10 Å². The van der Waals surface area contributed by atoms with Crippen molar-refractivity contribution in [1.82, 2.24) is 24.6 Å². The van der Waals surface area contributed by atoms with Crippen LogP contribution >= 0.6 is 0 Å². The van der Waals surface area contributed by atoms with E-state index in [2.05, 4.69) is 16.9 Å². The number of aliphatic hydroxyl groups excluding tert-OH is 1. The molecule has 1 N–H and O–H groups in total. The predicted octanol–water partition coefficient (Wildman–Crippen LogP) is 5.00. The molecule has 1 atom stereocenters. The molecule has 35 heavy (non-hydrogen) atoms. The van der Waals surface area contributed by atoms with Crippen LogP contribution in [0.3, 0.4) is 0 Å². The SMILES string of the molecule is CC(C)(C)OC(=O)N1CCC1c1ccc2ncc(-c3cn(C4CC(CO)C4)nc3C3CC3)nc2c1. The molecule has 1 aliphatic heterocycles. The Hall–Kier alpha value is -3.00. The number of hydrogen-bond donors (Lipinski definition) is 1. The number of aromatic nitrogens is 4. The van der Waals surface area contributed by atoms with E-state index in [0.29, 0.717) is 24.4 Å². The lowest BCUT2D eigenvalue weighted by Crippen LogP contribution is -2.47. The van der Waals surface area contributed by atoms with Gasteiger partial charge in [-0.3, -0.25) is 9.67 Å². The molecule has 0 spiro atoms. The summed E-state index contributed by atoms with van der Waals surface area (Å²) >= 11 is 0. The Morgan fingerprint density at radius 3 is 2.63 bits per heavy atom. The van der Waals surface area contributed by atoms with Crippen LogP contribution in [0.1, 0.15) is 82.1 Å². The van der Waals surface area contributed by atoms with E-state index in [1.165, 1.54) is 12.8 Å². The third-order valence-electron chi connectivity index (χ3n) is 7.44. The minimum atomic E-state index is -0.511. The molecule has 3 heterocycles. The molecule has 2 aliphatic carbocycles. The summed E-state index contributed by atoms with van der Waals surface area (Å²) < 4.78 is 7.67. The molecule has 3 fully saturated rings. The lowest BCUT2D eigenvalue weighted by Gasteiger charge is -2.41. The van der Waals surface area contributed by atoms with Crippen LogP contribution in [0.15, 0.2) is 30.6 Å². The van der Waals surface area contributed by atoms with E-state index >= 15 is 0 Å². The van der Waals surface area contributed by atoms with Gasteiger partial charge in [0.1, 0.15) is 5.60 Å². The van der Waals surface area contributed by atoms with Gasteiger partial charge < -0.3 is 14.7 Å². The molecule has 8 heteroatoms. The monoisotopic (exact) mass is 475 g/mol. The third-order valence-corrected chi connectivity index (χ3v) is 7.44. The van der Waals surface area contributed by atoms with Crippen molar-refractivity contribution in [2.75, 3.05) is 13.2 Å². The third kappa shape index (κ3) is 4.29. The van der Waals surface area contributed by atoms with E-state index < -0.39 is 5.60 Å². The minimum absolute atomic E-state index is 0.00238. The summed E-state index contributed by atoms with van der Waals surface area (Å²) in [4.78, 5) is 24.1. The molecule has 1 amide bonds. The van der Waals surface area contributed by atoms with Gasteiger partial charge in [-0.05, 0) is 76.5 Å². The number of carbonyl (C=O) groups excluding carboxylic acids is 1. The molecule has 1 saturated heterocycles. The highest BCUT2D eigenvalue weighted by atomic mass is 16.6. The zero-order valence-corrected chi connectivity index (χ0v) is 20.6. The van der Waals surface area contributed by atoms with Crippen molar-refractivity contribution in [3.63, 3.8) is 0 Å². The Kier molecular flexibility index (Phi) is 5.32. The molecule has 6 rings (SSSR count). The summed E-state index contributed by atoms with van der Waals surface area (Å²) in [6.45, 7) is 6.62. The molecule has 1 unspecified atom stereocenters. The minimum Gasteiger partial charge on any atom is -0.444 e. The standard InChI is InChI=1S/C27H33N5O3/c1-27(2,3)35-26(34)31-9-8-24(31)18-6-7-21-22(12-18)29-23(13-28-21)20-14-32(19-10-16(11-19)15-33)30-25(20)17-4-5-17/h6-7,12-14,16-17,19,24,33H,4-5,8-11,15H2,1-3H3. The highest BCUT2D eigenvalue weighted by molar-refractivity contribution is 5.79. The Morgan fingerprint density at radius 1 is 1.17 bits per heavy atom. The van der Waals surface area contributed by atoms with Gasteiger partial charge in [0.2, 0.25) is 0 Å². The number of rotatable bonds is 5. The maximum Gasteiger partial charge on any atom is 0.410 e. The van der Waals surface area contributed by atoms with Crippen LogP contribution in [0.5, 0.6) is 0 Å². The van der Waals surface area contributed by atoms with E-state index in [-0.39, 0.29) is 18.7 Å². The van der Waals surface area contributed by atoms with Crippen LogP contribution < -0.4 is 0 Å². The van der Waals surface area contributed by atoms with Crippen LogP contribution in [0.25, 0.3) is 22.3 Å². The van der Waals surface area contributed by atoms with Crippen molar-refractivity contribution in [3.05, 3.63) is 41.9 Å². The maximum absolute atomic E-state index is 12.6. The molecule has 3 aromatic rings. The molecule has 1 aromatic carbocycles. The first-order chi connectivity index (χ1) is 16.8. The topological polar surface area (TPSA) is 93.4 Å². The van der Waals surface area contributed by atoms with Crippen LogP contribution in [0.2, 0.25) is 0 Å². The summed E-state index contributed by atoms with van der Waals surface area (Å²) in [5.41, 5.74) is 5.25. The van der Waals surface area contributed by atoms with Crippen LogP contribution in [0.4, 0.5) is 4.79 Å². The number of amides is 1. The van der Waals surface area contributed by atoms with E-state index in [1.54, 1.807) is 4.90 Å². The van der Waals surface area contributed by atoms with Crippen molar-refractivity contribution in [3.8, 4) is 11.3 Å². The quantitative estimate of drug-likeness (QED) is 0.558. The smallest absolute Gasteiger partial charge is 0.410 e. The zero-order chi connectivity index (χ0) is 24.3. The van der Waals surface area contributed by atoms with Gasteiger partial charge in [-0.1, -0.05) is 6.07 Å². The number of hydrogen-bond acceptors (Lipinski definition) is 6. The highest BCUT2D eigenvalue weighted by Gasteiger charge is 2.37. The van der Waals surface area contributed by atoms with Gasteiger partial charge in [-0.15, -0.1) is 0 Å². The molecule has 2 aromatic heterocycles. The van der Waals surface area contributed by atoms with E-state index in [0.717, 1.165) is 52.8 Å². The lowest BCUT2D eigenvalue weighted by atomic mass is 9.81. The fourth-order valence-corrected chi connectivity index (χ4v) is 5.15. The van der Waals surface area contributed by atoms with Gasteiger partial charge in [0.05, 0.1) is 40.7 Å². The number of ether oxygens (including phenoxy) is 1. The largest absolute Gasteiger partial charge is 0.444 e. The number of fused-ring (bicyclic) bond motifs is 1. The van der Waals surface area contributed by atoms with Crippen molar-refractivity contribution in [2.45, 2.75) is 76.5 Å². The number of likely N-dealkylation sites (tertiary alicyclic amines) is 1. The first-order valence-corrected chi connectivity index (χ1v) is 12.8. The molecule has 0 bridgehead atoms. The molecule has 184 valence electrons. The summed E-state index contributed by atoms with van der Waals surface area (Å²) in [7, 11) is 0. The Labute approximate surface area is 205 Å². The van der Waals surface area contributed by atoms with Crippen molar-refractivity contribution >= 4 is 17.1 Å². The van der Waals surface area contributed by atoms with Crippen molar-refractivity contribution in [2.24, 2.45) is 5.92 Å². The maximum atomic E-state index is 12.6. The average Bonchev–Trinajstić information content (AvgIpc) is 3.50. The van der Waals surface area contributed by atoms with Crippen LogP contribution in [-0.2, 0) is 4.74 Å². The second kappa shape index (κ2) is 8.29. The van der Waals surface area contributed by atoms with E-state index in [9.17, 15) is 9.90 Å². The normalized spacial score (nSPS) is 24.2. The number of aliphatic hydroxyl groups is 1. The Balaban J connectivity index is 1.28. The molecule has 0 radical (unpaired) electrons. The van der Waals surface area contributed by atoms with Crippen LogP contribution in [-0.4, -0.2) is 54.6 Å². The summed E-state index contributed by atoms with van der Waals surface area (Å²) in [6.07, 6.45) is 8.91. The predicted molar refractivity (Wildman–Crippen MR) is 132 cm³/mol. The van der Waals surface area contributed by atoms with Gasteiger partial charge in [0, 0.05) is 30.8 Å². The van der Waals surface area contributed by atoms with Gasteiger partial charge in [0.15, 0.2) is 0 Å². The molecular weight excluding hydrogens is 442 g/mol. The highest BCUT2D eigenvalue weighted by Crippen LogP contribution is 2.45. The summed E-state index contributed by atoms with van der Waals surface area (Å²) in [5, 5.41) is 14.3. The van der Waals surface area contributed by atoms with Gasteiger partial charge in [-0.25, -0.2) is 9.78 Å². The van der Waals surface area contributed by atoms with E-state index in [4.69, 9.17) is 19.8 Å². The summed E-state index contributed by atoms with van der Waals surface area (Å²) in [5.74, 6) is 0.892. The van der Waals surface area contributed by atoms with Gasteiger partial charge >= 0.3 is 6.09 Å². The Morgan fingerprint density at radius 2 is 1.97 bits per heavy atom. The molecular formula is C27H33N5O3. The second-order valence-electron chi connectivity index (χ2n) is 11.3. The first kappa shape index (κ1) is 22.5. The Bertz CT molecular complexity index is 1270. The van der Waals surface area contributed by atoms with Gasteiger partial charge in [0.25, 0.3) is 0 Å². The molecule has 3 aliphatic rings. The molecule has 2 saturated carbocycles.